The Morgan fingerprint density at radius 3 is 1.13 bits per heavy atom. The van der Waals surface area contributed by atoms with Crippen LogP contribution in [0.4, 0.5) is 0 Å². The summed E-state index contributed by atoms with van der Waals surface area (Å²) in [4.78, 5) is 0. The predicted octanol–water partition coefficient (Wildman–Crippen LogP) is 17.9. The van der Waals surface area contributed by atoms with E-state index in [1.165, 1.54) is 77.0 Å². The molecule has 0 N–H and O–H groups in total. The van der Waals surface area contributed by atoms with Crippen molar-refractivity contribution in [2.75, 3.05) is 0 Å². The fraction of sp³-hybridized carbons (Fsp3) is 0.862. The van der Waals surface area contributed by atoms with Gasteiger partial charge in [0, 0.05) is 21.5 Å². The van der Waals surface area contributed by atoms with Crippen LogP contribution in [0.2, 0.25) is 27.2 Å². The van der Waals surface area contributed by atoms with Crippen molar-refractivity contribution in [3.63, 3.8) is 0 Å². The largest absolute Gasteiger partial charge is 0.437 e. The highest BCUT2D eigenvalue weighted by Crippen LogP contribution is 2.81. The predicted molar refractivity (Wildman–Crippen MR) is 281 cm³/mol. The summed E-state index contributed by atoms with van der Waals surface area (Å²) in [6, 6.07) is 0. The Balaban J connectivity index is 2.16. The fourth-order valence-electron chi connectivity index (χ4n) is 17.5. The molecule has 0 amide bonds. The average molecular weight is 917 g/mol. The molecule has 5 heteroatoms. The first-order valence-corrected chi connectivity index (χ1v) is 31.6. The highest BCUT2D eigenvalue weighted by atomic mass is 28.5. The van der Waals surface area contributed by atoms with E-state index in [1.54, 1.807) is 0 Å². The van der Waals surface area contributed by atoms with E-state index in [9.17, 15) is 4.12 Å². The molecule has 0 saturated heterocycles. The van der Waals surface area contributed by atoms with Gasteiger partial charge in [0.1, 0.15) is 0 Å². The van der Waals surface area contributed by atoms with E-state index in [4.69, 9.17) is 30.4 Å². The van der Waals surface area contributed by atoms with Gasteiger partial charge in [-0.05, 0) is 164 Å². The van der Waals surface area contributed by atoms with E-state index >= 15 is 0 Å². The van der Waals surface area contributed by atoms with E-state index in [-0.39, 0.29) is 5.41 Å². The molecule has 0 aromatic heterocycles. The van der Waals surface area contributed by atoms with Crippen molar-refractivity contribution in [3.8, 4) is 0 Å². The summed E-state index contributed by atoms with van der Waals surface area (Å²) < 4.78 is 17.9. The molecular weight excluding hydrogens is 813 g/mol. The van der Waals surface area contributed by atoms with E-state index in [0.29, 0.717) is 105 Å². The molecule has 3 radical (unpaired) electrons. The highest BCUT2D eigenvalue weighted by Gasteiger charge is 2.79. The third-order valence-corrected chi connectivity index (χ3v) is 33.9. The van der Waals surface area contributed by atoms with Gasteiger partial charge in [0.05, 0.1) is 0 Å². The van der Waals surface area contributed by atoms with Crippen LogP contribution in [0.5, 0.6) is 0 Å². The molecule has 5 aliphatic carbocycles. The van der Waals surface area contributed by atoms with Gasteiger partial charge in [-0.2, -0.15) is 0 Å². The SMILES string of the molecule is C=CC1(C)CCC(C(C)C)C(C=C)([Si](O[Si](O[Si])(C2CC(C)CCC2C(C)C)C2CC(C)CCC2C(C)C)(C2CC(C)CCC2C(C)C)C2CC(C)CCC2C(C)C)C1(C=C)C=C. The van der Waals surface area contributed by atoms with Crippen LogP contribution >= 0.6 is 0 Å². The average Bonchev–Trinajstić information content (AvgIpc) is 3.23. The second-order valence-corrected chi connectivity index (χ2v) is 34.3. The molecule has 63 heavy (non-hydrogen) atoms. The first-order valence-electron chi connectivity index (χ1n) is 27.2. The van der Waals surface area contributed by atoms with E-state index < -0.39 is 27.3 Å². The molecule has 0 aromatic rings. The summed E-state index contributed by atoms with van der Waals surface area (Å²) in [5.74, 6) is 7.96. The van der Waals surface area contributed by atoms with E-state index in [2.05, 4.69) is 139 Å². The first kappa shape index (κ1) is 53.5. The Morgan fingerprint density at radius 1 is 0.492 bits per heavy atom. The molecule has 0 aliphatic heterocycles. The lowest BCUT2D eigenvalue weighted by Gasteiger charge is -2.74. The lowest BCUT2D eigenvalue weighted by atomic mass is 9.47. The molecule has 5 aliphatic rings. The first-order chi connectivity index (χ1) is 29.6. The van der Waals surface area contributed by atoms with Gasteiger partial charge >= 0.3 is 8.56 Å². The van der Waals surface area contributed by atoms with E-state index in [0.717, 1.165) is 12.8 Å². The fourth-order valence-corrected chi connectivity index (χ4v) is 36.9. The van der Waals surface area contributed by atoms with Crippen molar-refractivity contribution in [3.05, 3.63) is 50.6 Å². The summed E-state index contributed by atoms with van der Waals surface area (Å²) in [7, 11) is -2.38. The maximum Gasteiger partial charge on any atom is 0.324 e. The summed E-state index contributed by atoms with van der Waals surface area (Å²) in [5.41, 5.74) is 0.957. The summed E-state index contributed by atoms with van der Waals surface area (Å²) in [6.45, 7) is 58.6. The molecular formula is C58H103O2Si3. The van der Waals surface area contributed by atoms with Crippen LogP contribution in [0.1, 0.15) is 194 Å². The lowest BCUT2D eigenvalue weighted by molar-refractivity contribution is 0.0142. The quantitative estimate of drug-likeness (QED) is 0.107. The molecule has 0 aromatic carbocycles. The maximum absolute atomic E-state index is 9.96. The second kappa shape index (κ2) is 21.0. The Morgan fingerprint density at radius 2 is 0.841 bits per heavy atom. The summed E-state index contributed by atoms with van der Waals surface area (Å²) >= 11 is 0. The molecule has 359 valence electrons. The molecule has 15 unspecified atom stereocenters. The Bertz CT molecular complexity index is 1460. The molecule has 5 rings (SSSR count). The van der Waals surface area contributed by atoms with Crippen LogP contribution in [0, 0.1) is 93.7 Å². The molecule has 5 fully saturated rings. The topological polar surface area (TPSA) is 18.5 Å². The molecule has 2 nitrogen and oxygen atoms in total. The van der Waals surface area contributed by atoms with Crippen LogP contribution in [-0.4, -0.2) is 27.4 Å². The third kappa shape index (κ3) is 9.01. The number of rotatable bonds is 17. The van der Waals surface area contributed by atoms with Gasteiger partial charge in [-0.15, -0.1) is 26.3 Å². The van der Waals surface area contributed by atoms with Crippen molar-refractivity contribution in [2.45, 2.75) is 221 Å². The van der Waals surface area contributed by atoms with Crippen LogP contribution in [0.3, 0.4) is 0 Å². The van der Waals surface area contributed by atoms with Crippen molar-refractivity contribution >= 4 is 27.4 Å². The number of hydrogen-bond acceptors (Lipinski definition) is 2. The van der Waals surface area contributed by atoms with Gasteiger partial charge in [-0.25, -0.2) is 0 Å². The molecule has 0 bridgehead atoms. The molecule has 0 heterocycles. The van der Waals surface area contributed by atoms with Gasteiger partial charge in [-0.3, -0.25) is 0 Å². The second-order valence-electron chi connectivity index (χ2n) is 25.8. The van der Waals surface area contributed by atoms with Crippen LogP contribution < -0.4 is 0 Å². The maximum atomic E-state index is 9.96. The van der Waals surface area contributed by atoms with Crippen molar-refractivity contribution in [1.29, 1.82) is 0 Å². The lowest BCUT2D eigenvalue weighted by Crippen LogP contribution is -2.76. The summed E-state index contributed by atoms with van der Waals surface area (Å²) in [6.07, 6.45) is 27.4. The zero-order valence-electron chi connectivity index (χ0n) is 44.2. The molecule has 0 spiro atoms. The standard InChI is InChI=1S/C58H103O2Si3/c1-20-56(19)33-32-51(42(13)14)58(23-4,57(56,21-2)22-3)62(52-34-43(15)24-28-47(52)38(5)6,53-35-44(16)25-29-48(53)39(7)8)60-63(59-61,54-36-45(17)26-30-49(54)40(9)10)55-37-46(18)27-31-50(55)41(11)12/h20-23,38-55H,1-4,24-37H2,5-19H3. The van der Waals surface area contributed by atoms with Crippen molar-refractivity contribution in [2.24, 2.45) is 93.7 Å². The Hall–Kier alpha value is -0.469. The monoisotopic (exact) mass is 916 g/mol. The van der Waals surface area contributed by atoms with Gasteiger partial charge in [0.2, 0.25) is 10.5 Å². The van der Waals surface area contributed by atoms with Crippen molar-refractivity contribution < 1.29 is 8.23 Å². The van der Waals surface area contributed by atoms with Crippen LogP contribution in [-0.2, 0) is 8.23 Å². The third-order valence-electron chi connectivity index (χ3n) is 20.8. The minimum atomic E-state index is -3.39. The minimum Gasteiger partial charge on any atom is -0.437 e. The normalized spacial score (nSPS) is 42.2. The van der Waals surface area contributed by atoms with Crippen LogP contribution in [0.15, 0.2) is 50.6 Å². The molecule has 15 atom stereocenters. The smallest absolute Gasteiger partial charge is 0.324 e. The van der Waals surface area contributed by atoms with Gasteiger partial charge in [0.15, 0.2) is 8.32 Å². The Kier molecular flexibility index (Phi) is 17.9. The van der Waals surface area contributed by atoms with Crippen molar-refractivity contribution in [1.82, 2.24) is 0 Å². The molecule has 5 saturated carbocycles. The van der Waals surface area contributed by atoms with Crippen LogP contribution in [0.25, 0.3) is 0 Å². The summed E-state index contributed by atoms with van der Waals surface area (Å²) in [5, 5.41) is -0.410. The van der Waals surface area contributed by atoms with Gasteiger partial charge in [-0.1, -0.05) is 154 Å². The van der Waals surface area contributed by atoms with E-state index in [1.807, 2.05) is 0 Å². The minimum absolute atomic E-state index is 0.266. The van der Waals surface area contributed by atoms with Gasteiger partial charge < -0.3 is 8.23 Å². The Labute approximate surface area is 398 Å². The highest BCUT2D eigenvalue weighted by molar-refractivity contribution is 6.90. The zero-order valence-corrected chi connectivity index (χ0v) is 47.2. The number of hydrogen-bond donors (Lipinski definition) is 0. The van der Waals surface area contributed by atoms with Gasteiger partial charge in [0.25, 0.3) is 0 Å². The zero-order chi connectivity index (χ0) is 47.0. The number of allylic oxidation sites excluding steroid dienone is 4.